The molecule has 0 unspecified atom stereocenters. The molecule has 35 heavy (non-hydrogen) atoms. The molecule has 6 nitrogen and oxygen atoms in total. The number of fused-ring (bicyclic) bond motifs is 1. The molecule has 0 radical (unpaired) electrons. The zero-order chi connectivity index (χ0) is 24.0. The Labute approximate surface area is 206 Å². The molecule has 4 aromatic rings. The minimum Gasteiger partial charge on any atom is -0.487 e. The van der Waals surface area contributed by atoms with Gasteiger partial charge in [0.05, 0.1) is 17.0 Å². The number of hydrogen-bond donors (Lipinski definition) is 0. The fourth-order valence-electron chi connectivity index (χ4n) is 4.85. The van der Waals surface area contributed by atoms with E-state index < -0.39 is 0 Å². The van der Waals surface area contributed by atoms with Gasteiger partial charge in [0.1, 0.15) is 18.4 Å². The number of aromatic nitrogens is 2. The van der Waals surface area contributed by atoms with Gasteiger partial charge < -0.3 is 9.26 Å². The van der Waals surface area contributed by atoms with Crippen molar-refractivity contribution in [1.29, 1.82) is 5.26 Å². The fourth-order valence-corrected chi connectivity index (χ4v) is 4.85. The Morgan fingerprint density at radius 3 is 2.66 bits per heavy atom. The maximum atomic E-state index is 8.91. The zero-order valence-corrected chi connectivity index (χ0v) is 20.1. The van der Waals surface area contributed by atoms with Crippen molar-refractivity contribution in [2.45, 2.75) is 45.8 Å². The second kappa shape index (κ2) is 10.7. The summed E-state index contributed by atoms with van der Waals surface area (Å²) >= 11 is 0. The van der Waals surface area contributed by atoms with Crippen molar-refractivity contribution in [3.8, 4) is 11.8 Å². The van der Waals surface area contributed by atoms with E-state index >= 15 is 0 Å². The van der Waals surface area contributed by atoms with Crippen LogP contribution in [0.4, 0.5) is 0 Å². The second-order valence-corrected chi connectivity index (χ2v) is 9.38. The summed E-state index contributed by atoms with van der Waals surface area (Å²) in [6, 6.07) is 20.4. The molecule has 1 fully saturated rings. The minimum absolute atomic E-state index is 0.335. The Kier molecular flexibility index (Phi) is 7.06. The molecule has 0 bridgehead atoms. The summed E-state index contributed by atoms with van der Waals surface area (Å²) in [4.78, 5) is 6.83. The highest BCUT2D eigenvalue weighted by atomic mass is 16.5. The largest absolute Gasteiger partial charge is 0.487 e. The lowest BCUT2D eigenvalue weighted by molar-refractivity contribution is 0.172. The molecule has 0 N–H and O–H groups in total. The number of pyridine rings is 1. The monoisotopic (exact) mass is 466 g/mol. The third-order valence-electron chi connectivity index (χ3n) is 6.99. The highest BCUT2D eigenvalue weighted by molar-refractivity contribution is 5.84. The molecule has 0 amide bonds. The minimum atomic E-state index is 0.335. The average molecular weight is 467 g/mol. The van der Waals surface area contributed by atoms with Gasteiger partial charge in [-0.1, -0.05) is 35.5 Å². The summed E-state index contributed by atoms with van der Waals surface area (Å²) in [5.74, 6) is 1.49. The van der Waals surface area contributed by atoms with E-state index in [1.165, 1.54) is 18.4 Å². The topological polar surface area (TPSA) is 75.2 Å². The van der Waals surface area contributed by atoms with E-state index in [0.717, 1.165) is 72.1 Å². The van der Waals surface area contributed by atoms with Gasteiger partial charge in [-0.2, -0.15) is 5.26 Å². The van der Waals surface area contributed by atoms with E-state index in [2.05, 4.69) is 57.5 Å². The molecule has 6 heteroatoms. The first kappa shape index (κ1) is 23.1. The molecule has 0 spiro atoms. The normalized spacial score (nSPS) is 14.7. The molecule has 1 aliphatic rings. The molecule has 0 aliphatic carbocycles. The van der Waals surface area contributed by atoms with Crippen LogP contribution in [-0.2, 0) is 19.6 Å². The number of ether oxygens (including phenoxy) is 1. The van der Waals surface area contributed by atoms with Gasteiger partial charge >= 0.3 is 0 Å². The van der Waals surface area contributed by atoms with Crippen molar-refractivity contribution in [3.63, 3.8) is 0 Å². The van der Waals surface area contributed by atoms with E-state index in [-0.39, 0.29) is 0 Å². The van der Waals surface area contributed by atoms with Gasteiger partial charge in [-0.3, -0.25) is 9.88 Å². The van der Waals surface area contributed by atoms with Gasteiger partial charge in [0, 0.05) is 23.7 Å². The maximum absolute atomic E-state index is 8.91. The van der Waals surface area contributed by atoms with Crippen molar-refractivity contribution < 1.29 is 9.26 Å². The van der Waals surface area contributed by atoms with E-state index in [1.807, 2.05) is 19.1 Å². The van der Waals surface area contributed by atoms with Crippen molar-refractivity contribution >= 4 is 11.0 Å². The van der Waals surface area contributed by atoms with Crippen LogP contribution in [0.1, 0.15) is 47.3 Å². The molecule has 178 valence electrons. The molecule has 5 rings (SSSR count). The van der Waals surface area contributed by atoms with Crippen LogP contribution in [0.25, 0.3) is 11.0 Å². The Hall–Kier alpha value is -3.69. The van der Waals surface area contributed by atoms with Crippen molar-refractivity contribution in [2.24, 2.45) is 5.92 Å². The van der Waals surface area contributed by atoms with Gasteiger partial charge in [-0.15, -0.1) is 0 Å². The first-order chi connectivity index (χ1) is 17.2. The van der Waals surface area contributed by atoms with E-state index in [1.54, 1.807) is 12.3 Å². The smallest absolute Gasteiger partial charge is 0.173 e. The van der Waals surface area contributed by atoms with Crippen LogP contribution in [-0.4, -0.2) is 28.1 Å². The van der Waals surface area contributed by atoms with Crippen LogP contribution in [0.5, 0.6) is 5.75 Å². The van der Waals surface area contributed by atoms with Crippen LogP contribution in [0.3, 0.4) is 0 Å². The Balaban J connectivity index is 1.15. The maximum Gasteiger partial charge on any atom is 0.173 e. The number of rotatable bonds is 8. The number of piperidine rings is 1. The Bertz CT molecular complexity index is 1300. The number of likely N-dealkylation sites (tertiary alicyclic amines) is 1. The molecule has 0 atom stereocenters. The number of hydrogen-bond acceptors (Lipinski definition) is 6. The first-order valence-electron chi connectivity index (χ1n) is 12.3. The molecule has 1 aliphatic heterocycles. The highest BCUT2D eigenvalue weighted by Crippen LogP contribution is 2.31. The summed E-state index contributed by atoms with van der Waals surface area (Å²) in [5, 5.41) is 14.4. The van der Waals surface area contributed by atoms with Gasteiger partial charge in [-0.25, -0.2) is 0 Å². The number of aryl methyl sites for hydroxylation is 2. The lowest BCUT2D eigenvalue weighted by Crippen LogP contribution is -2.33. The number of nitriles is 1. The van der Waals surface area contributed by atoms with Crippen LogP contribution in [0, 0.1) is 24.2 Å². The summed E-state index contributed by atoms with van der Waals surface area (Å²) in [6.45, 7) is 5.70. The van der Waals surface area contributed by atoms with Gasteiger partial charge in [0.15, 0.2) is 5.58 Å². The highest BCUT2D eigenvalue weighted by Gasteiger charge is 2.21. The molecule has 2 aromatic heterocycles. The average Bonchev–Trinajstić information content (AvgIpc) is 3.33. The lowest BCUT2D eigenvalue weighted by atomic mass is 9.91. The standard InChI is InChI=1S/C29H30N4O2/c1-21-28(34-20-25-9-7-24(17-30)18-31-25)12-10-26-27(32-35-29(21)26)11-8-22-13-15-33(16-14-22)19-23-5-3-2-4-6-23/h2-7,9-10,12,18,22H,8,11,13-16,19-20H2,1H3. The van der Waals surface area contributed by atoms with Gasteiger partial charge in [0.2, 0.25) is 0 Å². The molecular formula is C29H30N4O2. The van der Waals surface area contributed by atoms with Crippen LogP contribution < -0.4 is 4.74 Å². The first-order valence-corrected chi connectivity index (χ1v) is 12.3. The van der Waals surface area contributed by atoms with Crippen molar-refractivity contribution in [2.75, 3.05) is 13.1 Å². The summed E-state index contributed by atoms with van der Waals surface area (Å²) in [5.41, 5.74) is 5.49. The molecular weight excluding hydrogens is 436 g/mol. The Morgan fingerprint density at radius 2 is 1.91 bits per heavy atom. The number of nitrogens with zero attached hydrogens (tertiary/aromatic N) is 4. The third kappa shape index (κ3) is 5.52. The summed E-state index contributed by atoms with van der Waals surface area (Å²) in [7, 11) is 0. The van der Waals surface area contributed by atoms with Crippen LogP contribution in [0.15, 0.2) is 65.3 Å². The van der Waals surface area contributed by atoms with E-state index in [9.17, 15) is 0 Å². The quantitative estimate of drug-likeness (QED) is 0.325. The van der Waals surface area contributed by atoms with Crippen molar-refractivity contribution in [3.05, 3.63) is 88.9 Å². The Morgan fingerprint density at radius 1 is 1.09 bits per heavy atom. The predicted molar refractivity (Wildman–Crippen MR) is 135 cm³/mol. The van der Waals surface area contributed by atoms with Crippen LogP contribution in [0.2, 0.25) is 0 Å². The van der Waals surface area contributed by atoms with Crippen molar-refractivity contribution in [1.82, 2.24) is 15.0 Å². The number of benzene rings is 2. The second-order valence-electron chi connectivity index (χ2n) is 9.38. The molecule has 2 aromatic carbocycles. The van der Waals surface area contributed by atoms with E-state index in [0.29, 0.717) is 12.2 Å². The van der Waals surface area contributed by atoms with Gasteiger partial charge in [-0.05, 0) is 81.4 Å². The summed E-state index contributed by atoms with van der Waals surface area (Å²) < 4.78 is 11.7. The lowest BCUT2D eigenvalue weighted by Gasteiger charge is -2.31. The third-order valence-corrected chi connectivity index (χ3v) is 6.99. The SMILES string of the molecule is Cc1c(OCc2ccc(C#N)cn2)ccc2c(CCC3CCN(Cc4ccccc4)CC3)noc12. The predicted octanol–water partition coefficient (Wildman–Crippen LogP) is 5.83. The van der Waals surface area contributed by atoms with E-state index in [4.69, 9.17) is 14.5 Å². The zero-order valence-electron chi connectivity index (χ0n) is 20.1. The molecule has 3 heterocycles. The molecule has 0 saturated carbocycles. The molecule has 1 saturated heterocycles. The van der Waals surface area contributed by atoms with Gasteiger partial charge in [0.25, 0.3) is 0 Å². The summed E-state index contributed by atoms with van der Waals surface area (Å²) in [6.07, 6.45) is 6.12. The fraction of sp³-hybridized carbons (Fsp3) is 0.345. The van der Waals surface area contributed by atoms with Crippen LogP contribution >= 0.6 is 0 Å².